The Labute approximate surface area is 692 Å². The molecule has 0 aromatic heterocycles. The number of aliphatic hydroxyl groups is 9. The van der Waals surface area contributed by atoms with Crippen molar-refractivity contribution in [3.05, 3.63) is 12.2 Å². The number of hydrogen-bond acceptors (Lipinski definition) is 24. The van der Waals surface area contributed by atoms with E-state index < -0.39 is 162 Å². The highest BCUT2D eigenvalue weighted by Gasteiger charge is 2.60. The van der Waals surface area contributed by atoms with E-state index in [1.165, 1.54) is 186 Å². The number of hydrogen-bond donors (Lipinski definition) is 10. The first-order chi connectivity index (χ1) is 55.7. The van der Waals surface area contributed by atoms with E-state index in [-0.39, 0.29) is 25.7 Å². The first-order valence-corrected chi connectivity index (χ1v) is 47.9. The van der Waals surface area contributed by atoms with E-state index in [1.54, 1.807) is 0 Å². The molecule has 676 valence electrons. The molecule has 0 bridgehead atoms. The summed E-state index contributed by atoms with van der Waals surface area (Å²) in [6.45, 7) is 5.58. The van der Waals surface area contributed by atoms with E-state index in [0.29, 0.717) is 38.5 Å². The summed E-state index contributed by atoms with van der Waals surface area (Å²) in [5, 5.41) is 102. The Balaban J connectivity index is 1.92. The van der Waals surface area contributed by atoms with E-state index in [0.717, 1.165) is 122 Å². The molecule has 25 nitrogen and oxygen atoms in total. The second-order valence-electron chi connectivity index (χ2n) is 33.2. The fourth-order valence-electron chi connectivity index (χ4n) is 15.4. The zero-order valence-electron chi connectivity index (χ0n) is 71.9. The Morgan fingerprint density at radius 1 is 0.339 bits per heavy atom. The SMILES string of the molecule is CCCCCCCC/C=C\CCCCCC(=O)OC(COC(=O)CCCCCCCCCCCCCCCCC)COP(=O)(O)OC1C(OC2OC(CO)C(O)C(O)C2O)C(O)C(O)C(OC(=O)CCCCCCCCCCCCCCCCC)C1OC1OC(COC(=O)CCCCCCCCCCCCCCC)C(O)C(O)C1O. The average molecular weight is 1670 g/mol. The quantitative estimate of drug-likeness (QED) is 0.00889. The van der Waals surface area contributed by atoms with Gasteiger partial charge in [-0.3, -0.25) is 28.2 Å². The van der Waals surface area contributed by atoms with Crippen LogP contribution in [0.3, 0.4) is 0 Å². The molecule has 3 rings (SSSR count). The smallest absolute Gasteiger partial charge is 0.463 e. The van der Waals surface area contributed by atoms with Crippen molar-refractivity contribution < 1.29 is 122 Å². The van der Waals surface area contributed by atoms with E-state index >= 15 is 0 Å². The molecule has 3 fully saturated rings. The molecule has 18 atom stereocenters. The lowest BCUT2D eigenvalue weighted by molar-refractivity contribution is -0.360. The van der Waals surface area contributed by atoms with Crippen molar-refractivity contribution >= 4 is 31.7 Å². The van der Waals surface area contributed by atoms with Crippen LogP contribution in [0.4, 0.5) is 0 Å². The number of esters is 4. The Bertz CT molecular complexity index is 2440. The molecular formula is C89H165O25P. The molecule has 3 aliphatic rings. The van der Waals surface area contributed by atoms with Crippen molar-refractivity contribution in [1.29, 1.82) is 0 Å². The lowest BCUT2D eigenvalue weighted by Gasteiger charge is -2.50. The summed E-state index contributed by atoms with van der Waals surface area (Å²) in [5.41, 5.74) is 0. The molecule has 0 aromatic carbocycles. The van der Waals surface area contributed by atoms with E-state index in [2.05, 4.69) is 39.8 Å². The Morgan fingerprint density at radius 2 is 0.652 bits per heavy atom. The van der Waals surface area contributed by atoms with Gasteiger partial charge in [0.2, 0.25) is 0 Å². The first-order valence-electron chi connectivity index (χ1n) is 46.4. The third-order valence-corrected chi connectivity index (χ3v) is 23.8. The molecule has 0 spiro atoms. The van der Waals surface area contributed by atoms with Gasteiger partial charge in [-0.2, -0.15) is 0 Å². The van der Waals surface area contributed by atoms with Gasteiger partial charge in [-0.05, 0) is 51.4 Å². The highest BCUT2D eigenvalue weighted by atomic mass is 31.2. The van der Waals surface area contributed by atoms with Crippen molar-refractivity contribution in [2.24, 2.45) is 0 Å². The van der Waals surface area contributed by atoms with Crippen LogP contribution in [0.15, 0.2) is 12.2 Å². The third kappa shape index (κ3) is 49.2. The second kappa shape index (κ2) is 68.7. The van der Waals surface area contributed by atoms with Crippen LogP contribution in [0.25, 0.3) is 0 Å². The van der Waals surface area contributed by atoms with Crippen LogP contribution in [0.2, 0.25) is 0 Å². The predicted molar refractivity (Wildman–Crippen MR) is 444 cm³/mol. The van der Waals surface area contributed by atoms with Crippen LogP contribution in [0, 0.1) is 0 Å². The maximum Gasteiger partial charge on any atom is 0.472 e. The van der Waals surface area contributed by atoms with Gasteiger partial charge in [0.25, 0.3) is 0 Å². The minimum Gasteiger partial charge on any atom is -0.463 e. The van der Waals surface area contributed by atoms with Gasteiger partial charge in [0.15, 0.2) is 24.8 Å². The Hall–Kier alpha value is -2.79. The summed E-state index contributed by atoms with van der Waals surface area (Å²) in [4.78, 5) is 66.4. The lowest BCUT2D eigenvalue weighted by atomic mass is 9.84. The van der Waals surface area contributed by atoms with E-state index in [9.17, 15) is 74.6 Å². The molecule has 2 saturated heterocycles. The van der Waals surface area contributed by atoms with Gasteiger partial charge >= 0.3 is 31.7 Å². The summed E-state index contributed by atoms with van der Waals surface area (Å²) in [6, 6.07) is 0. The summed E-state index contributed by atoms with van der Waals surface area (Å²) in [5.74, 6) is -2.97. The molecule has 1 aliphatic carbocycles. The van der Waals surface area contributed by atoms with Gasteiger partial charge < -0.3 is 88.7 Å². The van der Waals surface area contributed by atoms with Crippen LogP contribution in [-0.4, -0.2) is 205 Å². The van der Waals surface area contributed by atoms with E-state index in [4.69, 9.17) is 46.9 Å². The van der Waals surface area contributed by atoms with Crippen molar-refractivity contribution in [1.82, 2.24) is 0 Å². The van der Waals surface area contributed by atoms with Crippen molar-refractivity contribution in [2.75, 3.05) is 26.4 Å². The number of carbonyl (C=O) groups excluding carboxylic acids is 4. The van der Waals surface area contributed by atoms with Gasteiger partial charge in [-0.1, -0.05) is 335 Å². The van der Waals surface area contributed by atoms with Gasteiger partial charge in [0, 0.05) is 25.7 Å². The topological polar surface area (TPSA) is 380 Å². The molecule has 2 heterocycles. The summed E-state index contributed by atoms with van der Waals surface area (Å²) >= 11 is 0. The maximum absolute atomic E-state index is 14.9. The highest BCUT2D eigenvalue weighted by Crippen LogP contribution is 2.49. The number of ether oxygens (including phenoxy) is 8. The standard InChI is InChI=1S/C89H165O25P/c1-5-9-13-17-21-25-29-33-35-39-42-45-49-53-57-61-72(91)105-66-69(108-74(93)63-59-55-51-47-43-38-32-28-24-20-16-12-8-4)67-107-115(103,104)114-87-85(112-88-82(101)78(97)76(95)70(65-90)109-88)81(100)80(99)84(111-75(94)64-60-56-52-48-44-40-36-34-30-26-22-18-14-10-6-2)86(87)113-89-83(102)79(98)77(96)71(110-89)68-106-73(92)62-58-54-50-46-41-37-31-27-23-19-15-11-7-3/h38,43,69-71,76-90,95-102H,5-37,39-42,44-68H2,1-4H3,(H,103,104)/b43-38-. The molecule has 0 amide bonds. The van der Waals surface area contributed by atoms with Crippen molar-refractivity contribution in [3.8, 4) is 0 Å². The van der Waals surface area contributed by atoms with Gasteiger partial charge in [-0.15, -0.1) is 0 Å². The number of rotatable bonds is 75. The molecule has 115 heavy (non-hydrogen) atoms. The molecule has 2 aliphatic heterocycles. The summed E-state index contributed by atoms with van der Waals surface area (Å²) < 4.78 is 73.3. The highest BCUT2D eigenvalue weighted by molar-refractivity contribution is 7.47. The van der Waals surface area contributed by atoms with Gasteiger partial charge in [0.05, 0.1) is 13.2 Å². The second-order valence-corrected chi connectivity index (χ2v) is 34.6. The molecular weight excluding hydrogens is 1500 g/mol. The summed E-state index contributed by atoms with van der Waals surface area (Å²) in [6.07, 6.45) is 26.4. The fourth-order valence-corrected chi connectivity index (χ4v) is 16.3. The zero-order chi connectivity index (χ0) is 84.0. The number of phosphoric acid groups is 1. The minimum atomic E-state index is -5.80. The number of phosphoric ester groups is 1. The number of allylic oxidation sites excluding steroid dienone is 2. The summed E-state index contributed by atoms with van der Waals surface area (Å²) in [7, 11) is -5.80. The minimum absolute atomic E-state index is 0.0180. The number of carbonyl (C=O) groups is 4. The zero-order valence-corrected chi connectivity index (χ0v) is 72.7. The van der Waals surface area contributed by atoms with Crippen LogP contribution in [0.1, 0.15) is 400 Å². The predicted octanol–water partition coefficient (Wildman–Crippen LogP) is 16.8. The van der Waals surface area contributed by atoms with Gasteiger partial charge in [0.1, 0.15) is 92.6 Å². The largest absolute Gasteiger partial charge is 0.472 e. The third-order valence-electron chi connectivity index (χ3n) is 22.8. The fraction of sp³-hybridized carbons (Fsp3) is 0.933. The average Bonchev–Trinajstić information content (AvgIpc) is 0.753. The normalized spacial score (nSPS) is 25.3. The molecule has 0 radical (unpaired) electrons. The monoisotopic (exact) mass is 1670 g/mol. The number of unbranched alkanes of at least 4 members (excludes halogenated alkanes) is 49. The molecule has 18 unspecified atom stereocenters. The van der Waals surface area contributed by atoms with E-state index in [1.807, 2.05) is 0 Å². The van der Waals surface area contributed by atoms with Crippen LogP contribution in [-0.2, 0) is 70.7 Å². The Morgan fingerprint density at radius 3 is 1.04 bits per heavy atom. The van der Waals surface area contributed by atoms with Crippen LogP contribution < -0.4 is 0 Å². The molecule has 10 N–H and O–H groups in total. The first kappa shape index (κ1) is 106. The van der Waals surface area contributed by atoms with Gasteiger partial charge in [-0.25, -0.2) is 4.57 Å². The van der Waals surface area contributed by atoms with Crippen LogP contribution in [0.5, 0.6) is 0 Å². The maximum atomic E-state index is 14.9. The van der Waals surface area contributed by atoms with Crippen LogP contribution >= 0.6 is 7.82 Å². The number of aliphatic hydroxyl groups excluding tert-OH is 9. The Kier molecular flexibility index (Phi) is 63.6. The molecule has 0 aromatic rings. The molecule has 1 saturated carbocycles. The lowest BCUT2D eigenvalue weighted by Crippen LogP contribution is -2.70. The van der Waals surface area contributed by atoms with Crippen molar-refractivity contribution in [2.45, 2.75) is 504 Å². The molecule has 26 heteroatoms. The van der Waals surface area contributed by atoms with Crippen molar-refractivity contribution in [3.63, 3.8) is 0 Å².